The third-order valence-electron chi connectivity index (χ3n) is 3.60. The molecule has 1 aromatic rings. The van der Waals surface area contributed by atoms with Crippen molar-refractivity contribution in [2.75, 3.05) is 25.2 Å². The van der Waals surface area contributed by atoms with Crippen LogP contribution in [0.2, 0.25) is 0 Å². The van der Waals surface area contributed by atoms with Gasteiger partial charge < -0.3 is 15.4 Å². The summed E-state index contributed by atoms with van der Waals surface area (Å²) in [5, 5.41) is 1.11. The van der Waals surface area contributed by atoms with Gasteiger partial charge in [0, 0.05) is 31.1 Å². The zero-order valence-electron chi connectivity index (χ0n) is 13.3. The minimum absolute atomic E-state index is 0.524. The third kappa shape index (κ3) is 4.43. The highest BCUT2D eigenvalue weighted by molar-refractivity contribution is 7.15. The Bertz CT molecular complexity index is 377. The molecule has 0 aliphatic rings. The van der Waals surface area contributed by atoms with Crippen molar-refractivity contribution in [3.8, 4) is 0 Å². The number of nitrogens with zero attached hydrogens (tertiary/aromatic N) is 2. The van der Waals surface area contributed by atoms with E-state index in [1.54, 1.807) is 18.4 Å². The number of ether oxygens (including phenoxy) is 1. The molecular formula is C15H29N3OS. The van der Waals surface area contributed by atoms with Gasteiger partial charge in [-0.1, -0.05) is 27.2 Å². The summed E-state index contributed by atoms with van der Waals surface area (Å²) in [6.07, 6.45) is 4.38. The van der Waals surface area contributed by atoms with Crippen molar-refractivity contribution in [1.29, 1.82) is 0 Å². The lowest BCUT2D eigenvalue weighted by atomic mass is 10.1. The molecule has 20 heavy (non-hydrogen) atoms. The number of thiazole rings is 1. The van der Waals surface area contributed by atoms with Gasteiger partial charge in [-0.3, -0.25) is 0 Å². The molecule has 0 radical (unpaired) electrons. The van der Waals surface area contributed by atoms with E-state index in [0.717, 1.165) is 44.0 Å². The van der Waals surface area contributed by atoms with E-state index in [1.165, 1.54) is 10.6 Å². The predicted molar refractivity (Wildman–Crippen MR) is 87.6 cm³/mol. The molecule has 0 spiro atoms. The second kappa shape index (κ2) is 9.32. The quantitative estimate of drug-likeness (QED) is 0.721. The van der Waals surface area contributed by atoms with Crippen LogP contribution in [0, 0.1) is 0 Å². The summed E-state index contributed by atoms with van der Waals surface area (Å²) in [5.41, 5.74) is 7.05. The minimum atomic E-state index is 0.524. The number of anilines is 1. The van der Waals surface area contributed by atoms with Gasteiger partial charge in [0.15, 0.2) is 5.13 Å². The van der Waals surface area contributed by atoms with Gasteiger partial charge in [0.1, 0.15) is 0 Å². The molecule has 1 rings (SSSR count). The van der Waals surface area contributed by atoms with Crippen molar-refractivity contribution in [3.63, 3.8) is 0 Å². The average molecular weight is 299 g/mol. The summed E-state index contributed by atoms with van der Waals surface area (Å²) in [4.78, 5) is 8.48. The van der Waals surface area contributed by atoms with Crippen molar-refractivity contribution in [1.82, 2.24) is 4.98 Å². The Morgan fingerprint density at radius 3 is 2.50 bits per heavy atom. The summed E-state index contributed by atoms with van der Waals surface area (Å²) in [5.74, 6) is 0. The fraction of sp³-hybridized carbons (Fsp3) is 0.800. The van der Waals surface area contributed by atoms with Crippen LogP contribution in [-0.4, -0.2) is 31.3 Å². The van der Waals surface area contributed by atoms with Crippen LogP contribution in [0.5, 0.6) is 0 Å². The van der Waals surface area contributed by atoms with Crippen LogP contribution < -0.4 is 10.6 Å². The number of methoxy groups -OCH3 is 1. The SMILES string of the molecule is CCCc1nc(N(CCOC)C(CC)CC)sc1CN. The van der Waals surface area contributed by atoms with E-state index >= 15 is 0 Å². The Morgan fingerprint density at radius 2 is 2.00 bits per heavy atom. The number of aryl methyl sites for hydroxylation is 1. The van der Waals surface area contributed by atoms with Gasteiger partial charge in [-0.25, -0.2) is 4.98 Å². The molecule has 0 amide bonds. The Labute approximate surface area is 127 Å². The van der Waals surface area contributed by atoms with Crippen molar-refractivity contribution in [2.24, 2.45) is 5.73 Å². The van der Waals surface area contributed by atoms with E-state index in [1.807, 2.05) is 0 Å². The topological polar surface area (TPSA) is 51.4 Å². The first-order chi connectivity index (χ1) is 9.71. The van der Waals surface area contributed by atoms with Gasteiger partial charge in [-0.15, -0.1) is 11.3 Å². The Kier molecular flexibility index (Phi) is 8.11. The summed E-state index contributed by atoms with van der Waals surface area (Å²) in [7, 11) is 1.75. The Hall–Kier alpha value is -0.650. The monoisotopic (exact) mass is 299 g/mol. The van der Waals surface area contributed by atoms with Crippen LogP contribution in [0.3, 0.4) is 0 Å². The number of hydrogen-bond donors (Lipinski definition) is 1. The van der Waals surface area contributed by atoms with Crippen LogP contribution >= 0.6 is 11.3 Å². The Morgan fingerprint density at radius 1 is 1.30 bits per heavy atom. The Balaban J connectivity index is 2.99. The molecule has 0 aliphatic carbocycles. The lowest BCUT2D eigenvalue weighted by molar-refractivity contribution is 0.202. The first kappa shape index (κ1) is 17.4. The number of hydrogen-bond acceptors (Lipinski definition) is 5. The zero-order chi connectivity index (χ0) is 15.0. The molecule has 116 valence electrons. The van der Waals surface area contributed by atoms with Crippen molar-refractivity contribution in [3.05, 3.63) is 10.6 Å². The third-order valence-corrected chi connectivity index (χ3v) is 4.76. The second-order valence-corrected chi connectivity index (χ2v) is 6.04. The van der Waals surface area contributed by atoms with Crippen LogP contribution in [0.1, 0.15) is 50.6 Å². The molecule has 0 aliphatic heterocycles. The zero-order valence-corrected chi connectivity index (χ0v) is 14.1. The van der Waals surface area contributed by atoms with Gasteiger partial charge in [-0.05, 0) is 19.3 Å². The highest BCUT2D eigenvalue weighted by Crippen LogP contribution is 2.29. The largest absolute Gasteiger partial charge is 0.383 e. The molecule has 0 fully saturated rings. The van der Waals surface area contributed by atoms with E-state index < -0.39 is 0 Å². The molecular weight excluding hydrogens is 270 g/mol. The minimum Gasteiger partial charge on any atom is -0.383 e. The fourth-order valence-electron chi connectivity index (χ4n) is 2.44. The molecule has 4 nitrogen and oxygen atoms in total. The average Bonchev–Trinajstić information content (AvgIpc) is 2.86. The fourth-order valence-corrected chi connectivity index (χ4v) is 3.52. The summed E-state index contributed by atoms with van der Waals surface area (Å²) >= 11 is 1.75. The van der Waals surface area contributed by atoms with E-state index in [2.05, 4.69) is 25.7 Å². The summed E-state index contributed by atoms with van der Waals surface area (Å²) < 4.78 is 5.25. The molecule has 5 heteroatoms. The predicted octanol–water partition coefficient (Wildman–Crippen LogP) is 3.20. The standard InChI is InChI=1S/C15H29N3OS/c1-5-8-13-14(11-16)20-15(17-13)18(9-10-19-4)12(6-2)7-3/h12H,5-11,16H2,1-4H3. The normalized spacial score (nSPS) is 11.3. The van der Waals surface area contributed by atoms with Gasteiger partial charge in [0.25, 0.3) is 0 Å². The van der Waals surface area contributed by atoms with Crippen molar-refractivity contribution >= 4 is 16.5 Å². The van der Waals surface area contributed by atoms with Crippen LogP contribution in [0.15, 0.2) is 0 Å². The van der Waals surface area contributed by atoms with Crippen molar-refractivity contribution < 1.29 is 4.74 Å². The molecule has 1 aromatic heterocycles. The van der Waals surface area contributed by atoms with E-state index in [4.69, 9.17) is 15.5 Å². The smallest absolute Gasteiger partial charge is 0.186 e. The lowest BCUT2D eigenvalue weighted by Crippen LogP contribution is -2.37. The van der Waals surface area contributed by atoms with Gasteiger partial charge in [0.05, 0.1) is 12.3 Å². The molecule has 0 unspecified atom stereocenters. The van der Waals surface area contributed by atoms with Crippen LogP contribution in [-0.2, 0) is 17.7 Å². The molecule has 0 saturated heterocycles. The highest BCUT2D eigenvalue weighted by atomic mass is 32.1. The number of aromatic nitrogens is 1. The van der Waals surface area contributed by atoms with Gasteiger partial charge >= 0.3 is 0 Å². The van der Waals surface area contributed by atoms with E-state index in [-0.39, 0.29) is 0 Å². The first-order valence-corrected chi connectivity index (χ1v) is 8.47. The summed E-state index contributed by atoms with van der Waals surface area (Å²) in [6, 6.07) is 0.524. The first-order valence-electron chi connectivity index (χ1n) is 7.65. The van der Waals surface area contributed by atoms with Crippen molar-refractivity contribution in [2.45, 2.75) is 59.0 Å². The molecule has 1 heterocycles. The number of rotatable bonds is 10. The van der Waals surface area contributed by atoms with E-state index in [0.29, 0.717) is 12.6 Å². The maximum absolute atomic E-state index is 5.86. The number of nitrogens with two attached hydrogens (primary N) is 1. The maximum atomic E-state index is 5.86. The highest BCUT2D eigenvalue weighted by Gasteiger charge is 2.20. The molecule has 2 N–H and O–H groups in total. The lowest BCUT2D eigenvalue weighted by Gasteiger charge is -2.30. The summed E-state index contributed by atoms with van der Waals surface area (Å²) in [6.45, 7) is 8.87. The second-order valence-electron chi connectivity index (χ2n) is 4.98. The van der Waals surface area contributed by atoms with E-state index in [9.17, 15) is 0 Å². The molecule has 0 saturated carbocycles. The molecule has 0 atom stereocenters. The van der Waals surface area contributed by atoms with Crippen LogP contribution in [0.4, 0.5) is 5.13 Å². The van der Waals surface area contributed by atoms with Gasteiger partial charge in [0.2, 0.25) is 0 Å². The van der Waals surface area contributed by atoms with Crippen LogP contribution in [0.25, 0.3) is 0 Å². The van der Waals surface area contributed by atoms with Gasteiger partial charge in [-0.2, -0.15) is 0 Å². The maximum Gasteiger partial charge on any atom is 0.186 e. The molecule has 0 bridgehead atoms. The molecule has 0 aromatic carbocycles.